The first-order valence-corrected chi connectivity index (χ1v) is 6.85. The molecule has 0 heterocycles. The Bertz CT molecular complexity index is 509. The van der Waals surface area contributed by atoms with E-state index in [0.717, 1.165) is 5.56 Å². The molecule has 0 amide bonds. The van der Waals surface area contributed by atoms with Crippen molar-refractivity contribution in [3.63, 3.8) is 0 Å². The Kier molecular flexibility index (Phi) is 6.15. The number of carbonyl (C=O) groups is 2. The van der Waals surface area contributed by atoms with E-state index in [9.17, 15) is 9.59 Å². The second-order valence-corrected chi connectivity index (χ2v) is 5.67. The summed E-state index contributed by atoms with van der Waals surface area (Å²) in [6.07, 6.45) is 2.19. The summed E-state index contributed by atoms with van der Waals surface area (Å²) in [6.45, 7) is 5.36. The first kappa shape index (κ1) is 17.0. The lowest BCUT2D eigenvalue weighted by Gasteiger charge is -2.19. The molecule has 0 spiro atoms. The molecule has 0 N–H and O–H groups in total. The molecule has 1 aromatic rings. The van der Waals surface area contributed by atoms with Crippen molar-refractivity contribution < 1.29 is 19.1 Å². The fourth-order valence-electron chi connectivity index (χ4n) is 1.75. The Labute approximate surface area is 125 Å². The molecule has 0 aliphatic carbocycles. The third-order valence-electron chi connectivity index (χ3n) is 2.63. The molecule has 4 heteroatoms. The second-order valence-electron chi connectivity index (χ2n) is 5.67. The van der Waals surface area contributed by atoms with Gasteiger partial charge in [0.25, 0.3) is 0 Å². The summed E-state index contributed by atoms with van der Waals surface area (Å²) in [5, 5.41) is 0. The third kappa shape index (κ3) is 6.75. The maximum absolute atomic E-state index is 11.8. The van der Waals surface area contributed by atoms with Crippen LogP contribution in [0.15, 0.2) is 42.0 Å². The molecular weight excluding hydrogens is 268 g/mol. The summed E-state index contributed by atoms with van der Waals surface area (Å²) in [7, 11) is 1.30. The molecule has 0 unspecified atom stereocenters. The number of hydrogen-bond acceptors (Lipinski definition) is 4. The maximum Gasteiger partial charge on any atom is 0.334 e. The lowest BCUT2D eigenvalue weighted by atomic mass is 10.1. The topological polar surface area (TPSA) is 52.6 Å². The minimum absolute atomic E-state index is 0.0865. The molecule has 4 nitrogen and oxygen atoms in total. The van der Waals surface area contributed by atoms with Crippen LogP contribution in [0.25, 0.3) is 0 Å². The first-order valence-electron chi connectivity index (χ1n) is 6.85. The fraction of sp³-hybridized carbons (Fsp3) is 0.412. The summed E-state index contributed by atoms with van der Waals surface area (Å²) >= 11 is 0. The third-order valence-corrected chi connectivity index (χ3v) is 2.63. The lowest BCUT2D eigenvalue weighted by molar-refractivity contribution is -0.155. The molecular formula is C17H22O4. The number of carbonyl (C=O) groups excluding carboxylic acids is 2. The highest BCUT2D eigenvalue weighted by Crippen LogP contribution is 2.13. The largest absolute Gasteiger partial charge is 0.466 e. The van der Waals surface area contributed by atoms with E-state index >= 15 is 0 Å². The van der Waals surface area contributed by atoms with Crippen molar-refractivity contribution in [3.05, 3.63) is 47.5 Å². The highest BCUT2D eigenvalue weighted by molar-refractivity contribution is 5.93. The van der Waals surface area contributed by atoms with E-state index in [1.165, 1.54) is 7.11 Å². The summed E-state index contributed by atoms with van der Waals surface area (Å²) in [5.41, 5.74) is 0.802. The van der Waals surface area contributed by atoms with Gasteiger partial charge in [-0.25, -0.2) is 4.79 Å². The number of methoxy groups -OCH3 is 1. The van der Waals surface area contributed by atoms with Crippen LogP contribution in [0.4, 0.5) is 0 Å². The molecule has 0 atom stereocenters. The molecule has 1 rings (SSSR count). The quantitative estimate of drug-likeness (QED) is 0.618. The zero-order chi connectivity index (χ0) is 15.9. The van der Waals surface area contributed by atoms with Crippen LogP contribution in [0, 0.1) is 0 Å². The van der Waals surface area contributed by atoms with Crippen molar-refractivity contribution in [2.75, 3.05) is 7.11 Å². The SMILES string of the molecule is COC(=O)C(=CCc1ccccc1)CC(=O)OC(C)(C)C. The number of rotatable bonds is 5. The first-order chi connectivity index (χ1) is 9.81. The van der Waals surface area contributed by atoms with Gasteiger partial charge in [-0.2, -0.15) is 0 Å². The Morgan fingerprint density at radius 2 is 1.76 bits per heavy atom. The molecule has 0 aliphatic heterocycles. The minimum atomic E-state index is -0.572. The van der Waals surface area contributed by atoms with Gasteiger partial charge in [-0.05, 0) is 32.8 Å². The van der Waals surface area contributed by atoms with E-state index in [1.807, 2.05) is 30.3 Å². The van der Waals surface area contributed by atoms with Crippen LogP contribution in [0.2, 0.25) is 0 Å². The molecule has 0 saturated heterocycles. The standard InChI is InChI=1S/C17H22O4/c1-17(2,3)21-15(18)12-14(16(19)20-4)11-10-13-8-6-5-7-9-13/h5-9,11H,10,12H2,1-4H3. The number of benzene rings is 1. The minimum Gasteiger partial charge on any atom is -0.466 e. The zero-order valence-electron chi connectivity index (χ0n) is 13.0. The average molecular weight is 290 g/mol. The summed E-state index contributed by atoms with van der Waals surface area (Å²) in [4.78, 5) is 23.6. The molecule has 0 saturated carbocycles. The fourth-order valence-corrected chi connectivity index (χ4v) is 1.75. The van der Waals surface area contributed by atoms with Crippen LogP contribution in [-0.4, -0.2) is 24.6 Å². The van der Waals surface area contributed by atoms with Gasteiger partial charge in [-0.3, -0.25) is 4.79 Å². The van der Waals surface area contributed by atoms with Gasteiger partial charge < -0.3 is 9.47 Å². The highest BCUT2D eigenvalue weighted by Gasteiger charge is 2.20. The van der Waals surface area contributed by atoms with E-state index in [0.29, 0.717) is 12.0 Å². The molecule has 21 heavy (non-hydrogen) atoms. The Morgan fingerprint density at radius 1 is 1.14 bits per heavy atom. The maximum atomic E-state index is 11.8. The van der Waals surface area contributed by atoms with Crippen molar-refractivity contribution in [1.82, 2.24) is 0 Å². The zero-order valence-corrected chi connectivity index (χ0v) is 13.0. The van der Waals surface area contributed by atoms with E-state index in [4.69, 9.17) is 9.47 Å². The molecule has 0 bridgehead atoms. The van der Waals surface area contributed by atoms with Gasteiger partial charge in [0.1, 0.15) is 5.60 Å². The molecule has 1 aromatic carbocycles. The lowest BCUT2D eigenvalue weighted by Crippen LogP contribution is -2.25. The van der Waals surface area contributed by atoms with Crippen molar-refractivity contribution in [1.29, 1.82) is 0 Å². The molecule has 0 aromatic heterocycles. The number of esters is 2. The van der Waals surface area contributed by atoms with Gasteiger partial charge in [0.05, 0.1) is 13.5 Å². The van der Waals surface area contributed by atoms with Crippen LogP contribution in [0.3, 0.4) is 0 Å². The average Bonchev–Trinajstić information content (AvgIpc) is 2.41. The normalized spacial score (nSPS) is 11.9. The summed E-state index contributed by atoms with van der Waals surface area (Å²) < 4.78 is 9.94. The van der Waals surface area contributed by atoms with Gasteiger partial charge in [0.2, 0.25) is 0 Å². The Hall–Kier alpha value is -2.10. The molecule has 114 valence electrons. The van der Waals surface area contributed by atoms with Gasteiger partial charge in [-0.1, -0.05) is 36.4 Å². The number of allylic oxidation sites excluding steroid dienone is 1. The number of hydrogen-bond donors (Lipinski definition) is 0. The monoisotopic (exact) mass is 290 g/mol. The van der Waals surface area contributed by atoms with E-state index in [1.54, 1.807) is 26.8 Å². The van der Waals surface area contributed by atoms with E-state index in [-0.39, 0.29) is 6.42 Å². The smallest absolute Gasteiger partial charge is 0.334 e. The van der Waals surface area contributed by atoms with Crippen molar-refractivity contribution in [2.24, 2.45) is 0 Å². The van der Waals surface area contributed by atoms with Gasteiger partial charge in [0, 0.05) is 5.57 Å². The van der Waals surface area contributed by atoms with E-state index < -0.39 is 17.5 Å². The van der Waals surface area contributed by atoms with Crippen LogP contribution in [0.1, 0.15) is 32.8 Å². The summed E-state index contributed by atoms with van der Waals surface area (Å²) in [6, 6.07) is 9.69. The van der Waals surface area contributed by atoms with Crippen molar-refractivity contribution in [2.45, 2.75) is 39.2 Å². The molecule has 0 aliphatic rings. The second kappa shape index (κ2) is 7.62. The van der Waals surface area contributed by atoms with Crippen LogP contribution in [-0.2, 0) is 25.5 Å². The van der Waals surface area contributed by atoms with E-state index in [2.05, 4.69) is 0 Å². The van der Waals surface area contributed by atoms with Gasteiger partial charge >= 0.3 is 11.9 Å². The van der Waals surface area contributed by atoms with Gasteiger partial charge in [-0.15, -0.1) is 0 Å². The predicted octanol–water partition coefficient (Wildman–Crippen LogP) is 3.06. The van der Waals surface area contributed by atoms with Crippen LogP contribution in [0.5, 0.6) is 0 Å². The molecule has 0 radical (unpaired) electrons. The van der Waals surface area contributed by atoms with Gasteiger partial charge in [0.15, 0.2) is 0 Å². The van der Waals surface area contributed by atoms with Crippen LogP contribution < -0.4 is 0 Å². The predicted molar refractivity (Wildman–Crippen MR) is 80.7 cm³/mol. The Balaban J connectivity index is 2.76. The molecule has 0 fully saturated rings. The highest BCUT2D eigenvalue weighted by atomic mass is 16.6. The summed E-state index contributed by atoms with van der Waals surface area (Å²) in [5.74, 6) is -0.941. The van der Waals surface area contributed by atoms with Crippen LogP contribution >= 0.6 is 0 Å². The van der Waals surface area contributed by atoms with Crippen molar-refractivity contribution in [3.8, 4) is 0 Å². The van der Waals surface area contributed by atoms with Crippen molar-refractivity contribution >= 4 is 11.9 Å². The Morgan fingerprint density at radius 3 is 2.29 bits per heavy atom. The number of ether oxygens (including phenoxy) is 2.